The summed E-state index contributed by atoms with van der Waals surface area (Å²) in [6.07, 6.45) is 8.52. The average molecular weight is 503 g/mol. The molecule has 2 aliphatic rings. The molecule has 192 valence electrons. The normalized spacial score (nSPS) is 18.4. The summed E-state index contributed by atoms with van der Waals surface area (Å²) in [5.74, 6) is 1.84. The number of phenols is 1. The predicted octanol–water partition coefficient (Wildman–Crippen LogP) is 5.16. The summed E-state index contributed by atoms with van der Waals surface area (Å²) in [6.45, 7) is 1.34. The first-order valence-corrected chi connectivity index (χ1v) is 12.3. The smallest absolute Gasteiger partial charge is 0.231 e. The molecular weight excluding hydrogens is 472 g/mol. The Balaban J connectivity index is 1.47. The van der Waals surface area contributed by atoms with Crippen molar-refractivity contribution >= 4 is 11.9 Å². The number of methoxy groups -OCH3 is 3. The van der Waals surface area contributed by atoms with Crippen LogP contribution < -0.4 is 18.9 Å². The largest absolute Gasteiger partial charge is 0.507 e. The van der Waals surface area contributed by atoms with Crippen molar-refractivity contribution in [1.29, 1.82) is 0 Å². The summed E-state index contributed by atoms with van der Waals surface area (Å²) in [6, 6.07) is 10.9. The Morgan fingerprint density at radius 1 is 1.11 bits per heavy atom. The van der Waals surface area contributed by atoms with Crippen LogP contribution in [0.5, 0.6) is 28.7 Å². The van der Waals surface area contributed by atoms with Crippen LogP contribution in [0.3, 0.4) is 0 Å². The van der Waals surface area contributed by atoms with Crippen LogP contribution in [0.25, 0.3) is 6.08 Å². The Kier molecular flexibility index (Phi) is 7.01. The summed E-state index contributed by atoms with van der Waals surface area (Å²) < 4.78 is 22.4. The van der Waals surface area contributed by atoms with Crippen molar-refractivity contribution in [2.45, 2.75) is 31.8 Å². The van der Waals surface area contributed by atoms with Gasteiger partial charge >= 0.3 is 0 Å². The second-order valence-electron chi connectivity index (χ2n) is 9.11. The van der Waals surface area contributed by atoms with Crippen LogP contribution in [-0.2, 0) is 6.54 Å². The van der Waals surface area contributed by atoms with Gasteiger partial charge in [0.1, 0.15) is 11.5 Å². The van der Waals surface area contributed by atoms with E-state index in [1.54, 1.807) is 36.5 Å². The molecule has 0 amide bonds. The monoisotopic (exact) mass is 502 g/mol. The van der Waals surface area contributed by atoms with Crippen LogP contribution >= 0.6 is 0 Å². The number of hydrogen-bond donors (Lipinski definition) is 1. The zero-order valence-electron chi connectivity index (χ0n) is 21.2. The number of ketones is 1. The topological polar surface area (TPSA) is 90.4 Å². The zero-order chi connectivity index (χ0) is 25.9. The van der Waals surface area contributed by atoms with Gasteiger partial charge in [-0.1, -0.05) is 12.5 Å². The van der Waals surface area contributed by atoms with E-state index < -0.39 is 0 Å². The van der Waals surface area contributed by atoms with Crippen LogP contribution in [0.2, 0.25) is 0 Å². The lowest BCUT2D eigenvalue weighted by Gasteiger charge is -2.36. The minimum Gasteiger partial charge on any atom is -0.507 e. The summed E-state index contributed by atoms with van der Waals surface area (Å²) in [7, 11) is 4.61. The van der Waals surface area contributed by atoms with E-state index in [9.17, 15) is 9.90 Å². The van der Waals surface area contributed by atoms with E-state index in [-0.39, 0.29) is 23.3 Å². The van der Waals surface area contributed by atoms with E-state index in [0.29, 0.717) is 46.2 Å². The number of carbonyl (C=O) groups is 1. The third-order valence-electron chi connectivity index (χ3n) is 6.95. The quantitative estimate of drug-likeness (QED) is 0.444. The highest BCUT2D eigenvalue weighted by atomic mass is 16.5. The minimum absolute atomic E-state index is 0.107. The SMILES string of the molecule is COc1cc(/C=C2\Oc3c(ccc(O)c3CN3CCCC[C@H]3c3cccnc3)C2=O)cc(OC)c1OC. The number of aromatic nitrogens is 1. The molecule has 0 unspecified atom stereocenters. The first-order valence-electron chi connectivity index (χ1n) is 12.3. The molecule has 3 aromatic rings. The molecule has 37 heavy (non-hydrogen) atoms. The maximum absolute atomic E-state index is 13.3. The number of benzene rings is 2. The summed E-state index contributed by atoms with van der Waals surface area (Å²) in [4.78, 5) is 19.9. The minimum atomic E-state index is -0.243. The van der Waals surface area contributed by atoms with Crippen LogP contribution in [0, 0.1) is 0 Å². The first-order chi connectivity index (χ1) is 18.0. The molecule has 2 aromatic carbocycles. The third-order valence-corrected chi connectivity index (χ3v) is 6.95. The molecular formula is C29H30N2O6. The number of nitrogens with zero attached hydrogens (tertiary/aromatic N) is 2. The summed E-state index contributed by atoms with van der Waals surface area (Å²) >= 11 is 0. The lowest BCUT2D eigenvalue weighted by Crippen LogP contribution is -2.33. The molecule has 0 spiro atoms. The van der Waals surface area contributed by atoms with Gasteiger partial charge in [-0.15, -0.1) is 0 Å². The number of rotatable bonds is 7. The second kappa shape index (κ2) is 10.5. The predicted molar refractivity (Wildman–Crippen MR) is 138 cm³/mol. The van der Waals surface area contributed by atoms with Gasteiger partial charge in [0.2, 0.25) is 11.5 Å². The highest BCUT2D eigenvalue weighted by Gasteiger charge is 2.33. The molecule has 5 rings (SSSR count). The van der Waals surface area contributed by atoms with Crippen molar-refractivity contribution in [3.63, 3.8) is 0 Å². The number of fused-ring (bicyclic) bond motifs is 1. The molecule has 8 nitrogen and oxygen atoms in total. The van der Waals surface area contributed by atoms with Gasteiger partial charge in [-0.2, -0.15) is 0 Å². The Bertz CT molecular complexity index is 1310. The highest BCUT2D eigenvalue weighted by Crippen LogP contribution is 2.43. The van der Waals surface area contributed by atoms with E-state index >= 15 is 0 Å². The number of Topliss-reactive ketones (excluding diaryl/α,β-unsaturated/α-hetero) is 1. The van der Waals surface area contributed by atoms with Crippen LogP contribution in [0.15, 0.2) is 54.6 Å². The highest BCUT2D eigenvalue weighted by molar-refractivity contribution is 6.15. The maximum atomic E-state index is 13.3. The van der Waals surface area contributed by atoms with Gasteiger partial charge in [-0.3, -0.25) is 14.7 Å². The molecule has 3 heterocycles. The number of piperidine rings is 1. The fourth-order valence-electron chi connectivity index (χ4n) is 5.12. The average Bonchev–Trinajstić information content (AvgIpc) is 3.25. The van der Waals surface area contributed by atoms with E-state index in [0.717, 1.165) is 31.4 Å². The molecule has 0 aliphatic carbocycles. The van der Waals surface area contributed by atoms with Gasteiger partial charge < -0.3 is 24.1 Å². The number of likely N-dealkylation sites (tertiary alicyclic amines) is 1. The fraction of sp³-hybridized carbons (Fsp3) is 0.310. The van der Waals surface area contributed by atoms with Crippen LogP contribution in [0.1, 0.15) is 52.4 Å². The van der Waals surface area contributed by atoms with Crippen molar-refractivity contribution in [1.82, 2.24) is 9.88 Å². The fourth-order valence-corrected chi connectivity index (χ4v) is 5.12. The number of phenolic OH excluding ortho intramolecular Hbond substituents is 1. The van der Waals surface area contributed by atoms with E-state index in [1.165, 1.54) is 21.3 Å². The number of aromatic hydroxyl groups is 1. The number of ether oxygens (including phenoxy) is 4. The lowest BCUT2D eigenvalue weighted by molar-refractivity contribution is 0.101. The molecule has 1 fully saturated rings. The Morgan fingerprint density at radius 3 is 2.57 bits per heavy atom. The Morgan fingerprint density at radius 2 is 1.89 bits per heavy atom. The van der Waals surface area contributed by atoms with E-state index in [1.807, 2.05) is 12.3 Å². The molecule has 0 saturated carbocycles. The summed E-state index contributed by atoms with van der Waals surface area (Å²) in [5.41, 5.74) is 2.84. The molecule has 8 heteroatoms. The molecule has 0 bridgehead atoms. The van der Waals surface area contributed by atoms with Crippen LogP contribution in [-0.4, -0.2) is 48.6 Å². The van der Waals surface area contributed by atoms with Crippen LogP contribution in [0.4, 0.5) is 0 Å². The van der Waals surface area contributed by atoms with Gasteiger partial charge in [-0.05, 0) is 66.9 Å². The Hall–Kier alpha value is -4.04. The standard InChI is InChI=1S/C29H30N2O6/c1-34-25-14-18(15-26(35-2)29(25)36-3)13-24-27(33)20-9-10-23(32)21(28(20)37-24)17-31-12-5-4-8-22(31)19-7-6-11-30-16-19/h6-7,9-11,13-16,22,32H,4-5,8,12,17H2,1-3H3/b24-13-/t22-/m0/s1. The zero-order valence-corrected chi connectivity index (χ0v) is 21.2. The van der Waals surface area contributed by atoms with Gasteiger partial charge in [-0.25, -0.2) is 0 Å². The van der Waals surface area contributed by atoms with E-state index in [2.05, 4.69) is 16.0 Å². The molecule has 0 radical (unpaired) electrons. The lowest BCUT2D eigenvalue weighted by atomic mass is 9.95. The second-order valence-corrected chi connectivity index (χ2v) is 9.11. The van der Waals surface area contributed by atoms with Gasteiger partial charge in [0.15, 0.2) is 17.3 Å². The summed E-state index contributed by atoms with van der Waals surface area (Å²) in [5, 5.41) is 10.8. The van der Waals surface area contributed by atoms with Gasteiger partial charge in [0, 0.05) is 25.0 Å². The number of pyridine rings is 1. The van der Waals surface area contributed by atoms with Crippen molar-refractivity contribution < 1.29 is 28.8 Å². The van der Waals surface area contributed by atoms with Crippen molar-refractivity contribution in [3.05, 3.63) is 76.8 Å². The van der Waals surface area contributed by atoms with Gasteiger partial charge in [0.25, 0.3) is 0 Å². The number of carbonyl (C=O) groups excluding carboxylic acids is 1. The van der Waals surface area contributed by atoms with Crippen molar-refractivity contribution in [2.24, 2.45) is 0 Å². The van der Waals surface area contributed by atoms with E-state index in [4.69, 9.17) is 18.9 Å². The van der Waals surface area contributed by atoms with Crippen molar-refractivity contribution in [2.75, 3.05) is 27.9 Å². The number of hydrogen-bond acceptors (Lipinski definition) is 8. The Labute approximate surface area is 216 Å². The molecule has 1 atom stereocenters. The van der Waals surface area contributed by atoms with Gasteiger partial charge in [0.05, 0.1) is 32.5 Å². The third kappa shape index (κ3) is 4.72. The number of allylic oxidation sites excluding steroid dienone is 1. The maximum Gasteiger partial charge on any atom is 0.231 e. The molecule has 1 saturated heterocycles. The first kappa shape index (κ1) is 24.6. The molecule has 1 aromatic heterocycles. The van der Waals surface area contributed by atoms with Crippen molar-refractivity contribution in [3.8, 4) is 28.7 Å². The molecule has 1 N–H and O–H groups in total. The molecule has 2 aliphatic heterocycles.